The van der Waals surface area contributed by atoms with E-state index in [1.807, 2.05) is 24.0 Å². The van der Waals surface area contributed by atoms with Crippen LogP contribution in [0, 0.1) is 11.8 Å². The fourth-order valence-electron chi connectivity index (χ4n) is 4.37. The molecule has 2 saturated heterocycles. The molecule has 6 nitrogen and oxygen atoms in total. The zero-order valence-electron chi connectivity index (χ0n) is 17.1. The molecule has 2 fully saturated rings. The van der Waals surface area contributed by atoms with Crippen molar-refractivity contribution >= 4 is 11.9 Å². The molecular formula is C22H33N2O4+. The van der Waals surface area contributed by atoms with E-state index in [1.54, 1.807) is 7.11 Å². The van der Waals surface area contributed by atoms with Crippen molar-refractivity contribution in [3.05, 3.63) is 29.8 Å². The molecule has 154 valence electrons. The van der Waals surface area contributed by atoms with Gasteiger partial charge in [-0.2, -0.15) is 0 Å². The fourth-order valence-corrected chi connectivity index (χ4v) is 4.37. The van der Waals surface area contributed by atoms with Gasteiger partial charge in [0.1, 0.15) is 12.3 Å². The van der Waals surface area contributed by atoms with E-state index >= 15 is 0 Å². The van der Waals surface area contributed by atoms with Crippen LogP contribution in [0.2, 0.25) is 0 Å². The third-order valence-electron chi connectivity index (χ3n) is 6.06. The van der Waals surface area contributed by atoms with E-state index in [-0.39, 0.29) is 23.7 Å². The predicted octanol–water partition coefficient (Wildman–Crippen LogP) is 1.29. The van der Waals surface area contributed by atoms with E-state index in [4.69, 9.17) is 9.47 Å². The lowest BCUT2D eigenvalue weighted by Gasteiger charge is -2.35. The van der Waals surface area contributed by atoms with Crippen LogP contribution < -0.4 is 9.64 Å². The van der Waals surface area contributed by atoms with Gasteiger partial charge in [-0.15, -0.1) is 0 Å². The van der Waals surface area contributed by atoms with Crippen LogP contribution in [0.4, 0.5) is 0 Å². The van der Waals surface area contributed by atoms with Gasteiger partial charge in [0.2, 0.25) is 5.91 Å². The monoisotopic (exact) mass is 389 g/mol. The molecule has 1 aromatic carbocycles. The largest absolute Gasteiger partial charge is 0.497 e. The number of benzene rings is 1. The van der Waals surface area contributed by atoms with Gasteiger partial charge in [-0.05, 0) is 31.9 Å². The number of nitrogens with one attached hydrogen (secondary N) is 1. The van der Waals surface area contributed by atoms with Crippen LogP contribution in [0.15, 0.2) is 24.3 Å². The third kappa shape index (κ3) is 5.25. The number of quaternary nitrogens is 1. The lowest BCUT2D eigenvalue weighted by atomic mass is 9.92. The van der Waals surface area contributed by atoms with Crippen molar-refractivity contribution in [3.8, 4) is 5.75 Å². The lowest BCUT2D eigenvalue weighted by Crippen LogP contribution is -3.11. The number of esters is 1. The maximum Gasteiger partial charge on any atom is 0.309 e. The second-order valence-electron chi connectivity index (χ2n) is 7.90. The molecule has 2 aliphatic rings. The topological polar surface area (TPSA) is 60.3 Å². The van der Waals surface area contributed by atoms with Gasteiger partial charge in [0.25, 0.3) is 0 Å². The molecule has 0 bridgehead atoms. The average Bonchev–Trinajstić information content (AvgIpc) is 2.74. The molecule has 2 heterocycles. The van der Waals surface area contributed by atoms with E-state index in [1.165, 1.54) is 10.5 Å². The third-order valence-corrected chi connectivity index (χ3v) is 6.06. The first-order chi connectivity index (χ1) is 13.6. The van der Waals surface area contributed by atoms with Gasteiger partial charge in [0, 0.05) is 37.4 Å². The highest BCUT2D eigenvalue weighted by Gasteiger charge is 2.34. The highest BCUT2D eigenvalue weighted by molar-refractivity contribution is 5.79. The maximum absolute atomic E-state index is 12.9. The zero-order chi connectivity index (χ0) is 19.9. The first kappa shape index (κ1) is 20.6. The van der Waals surface area contributed by atoms with Gasteiger partial charge in [-0.3, -0.25) is 9.59 Å². The smallest absolute Gasteiger partial charge is 0.309 e. The minimum Gasteiger partial charge on any atom is -0.497 e. The Hall–Kier alpha value is -2.08. The standard InChI is InChI=1S/C22H32N2O4/c1-3-28-22(26)19-9-13-24(14-10-19)21(25)18-7-11-23(12-8-18)16-17-5-4-6-20(15-17)27-2/h4-6,15,18-19H,3,7-14,16H2,1-2H3/p+1. The Labute approximate surface area is 167 Å². The number of nitrogens with zero attached hydrogens (tertiary/aromatic N) is 1. The summed E-state index contributed by atoms with van der Waals surface area (Å²) in [4.78, 5) is 28.2. The number of hydrogen-bond acceptors (Lipinski definition) is 4. The minimum absolute atomic E-state index is 0.0434. The number of piperidine rings is 2. The van der Waals surface area contributed by atoms with E-state index in [0.29, 0.717) is 19.7 Å². The summed E-state index contributed by atoms with van der Waals surface area (Å²) < 4.78 is 10.4. The maximum atomic E-state index is 12.9. The molecule has 0 atom stereocenters. The van der Waals surface area contributed by atoms with Crippen LogP contribution in [0.3, 0.4) is 0 Å². The molecule has 0 spiro atoms. The van der Waals surface area contributed by atoms with Crippen LogP contribution in [0.1, 0.15) is 38.2 Å². The van der Waals surface area contributed by atoms with Crippen molar-refractivity contribution < 1.29 is 24.0 Å². The summed E-state index contributed by atoms with van der Waals surface area (Å²) in [5.74, 6) is 1.16. The quantitative estimate of drug-likeness (QED) is 0.745. The van der Waals surface area contributed by atoms with E-state index in [9.17, 15) is 9.59 Å². The number of carbonyl (C=O) groups excluding carboxylic acids is 2. The molecule has 1 amide bonds. The lowest BCUT2D eigenvalue weighted by molar-refractivity contribution is -0.919. The number of methoxy groups -OCH3 is 1. The summed E-state index contributed by atoms with van der Waals surface area (Å²) in [6.07, 6.45) is 3.33. The Balaban J connectivity index is 1.43. The summed E-state index contributed by atoms with van der Waals surface area (Å²) in [5.41, 5.74) is 1.28. The number of hydrogen-bond donors (Lipinski definition) is 1. The fraction of sp³-hybridized carbons (Fsp3) is 0.636. The summed E-state index contributed by atoms with van der Waals surface area (Å²) in [7, 11) is 1.69. The van der Waals surface area contributed by atoms with Gasteiger partial charge in [0.15, 0.2) is 0 Å². The van der Waals surface area contributed by atoms with E-state index < -0.39 is 0 Å². The molecule has 0 radical (unpaired) electrons. The highest BCUT2D eigenvalue weighted by atomic mass is 16.5. The van der Waals surface area contributed by atoms with Crippen molar-refractivity contribution in [2.75, 3.05) is 39.9 Å². The van der Waals surface area contributed by atoms with Gasteiger partial charge in [-0.1, -0.05) is 12.1 Å². The molecule has 0 unspecified atom stereocenters. The van der Waals surface area contributed by atoms with Crippen LogP contribution in [-0.2, 0) is 20.9 Å². The summed E-state index contributed by atoms with van der Waals surface area (Å²) in [5, 5.41) is 0. The molecule has 6 heteroatoms. The van der Waals surface area contributed by atoms with Gasteiger partial charge in [0.05, 0.1) is 32.7 Å². The second-order valence-corrected chi connectivity index (χ2v) is 7.90. The first-order valence-corrected chi connectivity index (χ1v) is 10.5. The highest BCUT2D eigenvalue weighted by Crippen LogP contribution is 2.22. The number of carbonyl (C=O) groups is 2. The molecule has 1 N–H and O–H groups in total. The first-order valence-electron chi connectivity index (χ1n) is 10.5. The van der Waals surface area contributed by atoms with Crippen LogP contribution in [0.5, 0.6) is 5.75 Å². The summed E-state index contributed by atoms with van der Waals surface area (Å²) in [6.45, 7) is 6.63. The molecule has 28 heavy (non-hydrogen) atoms. The van der Waals surface area contributed by atoms with Crippen LogP contribution in [-0.4, -0.2) is 56.7 Å². The molecule has 0 saturated carbocycles. The number of rotatable bonds is 6. The number of amides is 1. The molecular weight excluding hydrogens is 356 g/mol. The molecule has 2 aliphatic heterocycles. The van der Waals surface area contributed by atoms with E-state index in [2.05, 4.69) is 12.1 Å². The Kier molecular flexibility index (Phi) is 7.31. The Morgan fingerprint density at radius 3 is 2.46 bits per heavy atom. The normalized spacial score (nSPS) is 23.3. The predicted molar refractivity (Wildman–Crippen MR) is 106 cm³/mol. The van der Waals surface area contributed by atoms with Crippen LogP contribution >= 0.6 is 0 Å². The summed E-state index contributed by atoms with van der Waals surface area (Å²) in [6, 6.07) is 8.23. The SMILES string of the molecule is CCOC(=O)C1CCN(C(=O)C2CC[NH+](Cc3cccc(OC)c3)CC2)CC1. The summed E-state index contributed by atoms with van der Waals surface area (Å²) >= 11 is 0. The molecule has 0 aliphatic carbocycles. The van der Waals surface area contributed by atoms with Crippen molar-refractivity contribution in [1.82, 2.24) is 4.90 Å². The minimum atomic E-state index is -0.107. The number of ether oxygens (including phenoxy) is 2. The Morgan fingerprint density at radius 2 is 1.82 bits per heavy atom. The van der Waals surface area contributed by atoms with Gasteiger partial charge >= 0.3 is 5.97 Å². The van der Waals surface area contributed by atoms with Crippen molar-refractivity contribution in [3.63, 3.8) is 0 Å². The van der Waals surface area contributed by atoms with Crippen molar-refractivity contribution in [2.45, 2.75) is 39.2 Å². The van der Waals surface area contributed by atoms with Crippen LogP contribution in [0.25, 0.3) is 0 Å². The van der Waals surface area contributed by atoms with Crippen molar-refractivity contribution in [2.24, 2.45) is 11.8 Å². The van der Waals surface area contributed by atoms with E-state index in [0.717, 1.165) is 51.1 Å². The number of likely N-dealkylation sites (tertiary alicyclic amines) is 2. The zero-order valence-corrected chi connectivity index (χ0v) is 17.1. The Bertz CT molecular complexity index is 662. The molecule has 0 aromatic heterocycles. The molecule has 1 aromatic rings. The molecule has 3 rings (SSSR count). The van der Waals surface area contributed by atoms with Gasteiger partial charge < -0.3 is 19.3 Å². The Morgan fingerprint density at radius 1 is 1.11 bits per heavy atom. The average molecular weight is 390 g/mol. The second kappa shape index (κ2) is 9.92. The van der Waals surface area contributed by atoms with Crippen molar-refractivity contribution in [1.29, 1.82) is 0 Å². The van der Waals surface area contributed by atoms with Gasteiger partial charge in [-0.25, -0.2) is 0 Å².